The monoisotopic (exact) mass is 418 g/mol. The lowest BCUT2D eigenvalue weighted by atomic mass is 10.1. The third-order valence-corrected chi connectivity index (χ3v) is 5.53. The molecule has 1 fully saturated rings. The van der Waals surface area contributed by atoms with Crippen molar-refractivity contribution in [2.75, 3.05) is 39.9 Å². The Labute approximate surface area is 181 Å². The van der Waals surface area contributed by atoms with Crippen LogP contribution < -0.4 is 0 Å². The summed E-state index contributed by atoms with van der Waals surface area (Å²) in [5.41, 5.74) is 3.54. The van der Waals surface area contributed by atoms with Crippen molar-refractivity contribution in [3.05, 3.63) is 65.4 Å². The second kappa shape index (κ2) is 9.57. The van der Waals surface area contributed by atoms with E-state index in [9.17, 15) is 9.59 Å². The fraction of sp³-hybridized carbons (Fsp3) is 0.292. The molecule has 2 amide bonds. The minimum absolute atomic E-state index is 0.00202. The normalized spacial score (nSPS) is 14.5. The number of piperazine rings is 1. The van der Waals surface area contributed by atoms with Crippen LogP contribution in [0.3, 0.4) is 0 Å². The highest BCUT2D eigenvalue weighted by molar-refractivity contribution is 5.95. The predicted octanol–water partition coefficient (Wildman–Crippen LogP) is 3.05. The number of fused-ring (bicyclic) bond motifs is 1. The summed E-state index contributed by atoms with van der Waals surface area (Å²) in [5, 5.41) is 8.44. The SMILES string of the molecule is COCCC(=O)N1CCN(C(=O)c2ccc(/C=C/c3n[nH]c4ccccc34)cc2)CC1. The van der Waals surface area contributed by atoms with E-state index in [1.165, 1.54) is 0 Å². The zero-order chi connectivity index (χ0) is 21.6. The molecule has 1 aromatic heterocycles. The fourth-order valence-corrected chi connectivity index (χ4v) is 3.71. The third-order valence-electron chi connectivity index (χ3n) is 5.53. The van der Waals surface area contributed by atoms with Crippen molar-refractivity contribution in [2.45, 2.75) is 6.42 Å². The van der Waals surface area contributed by atoms with Crippen LogP contribution in [-0.4, -0.2) is 71.7 Å². The number of carbonyl (C=O) groups excluding carboxylic acids is 2. The molecule has 3 aromatic rings. The number of H-pyrrole nitrogens is 1. The van der Waals surface area contributed by atoms with Gasteiger partial charge in [-0.2, -0.15) is 5.10 Å². The number of hydrogen-bond donors (Lipinski definition) is 1. The summed E-state index contributed by atoms with van der Waals surface area (Å²) in [6, 6.07) is 15.6. The van der Waals surface area contributed by atoms with E-state index < -0.39 is 0 Å². The lowest BCUT2D eigenvalue weighted by Crippen LogP contribution is -2.50. The van der Waals surface area contributed by atoms with Gasteiger partial charge in [0.25, 0.3) is 5.91 Å². The highest BCUT2D eigenvalue weighted by Crippen LogP contribution is 2.18. The molecular weight excluding hydrogens is 392 g/mol. The minimum atomic E-state index is -0.00202. The average molecular weight is 418 g/mol. The van der Waals surface area contributed by atoms with Gasteiger partial charge < -0.3 is 14.5 Å². The topological polar surface area (TPSA) is 78.5 Å². The molecule has 0 saturated carbocycles. The summed E-state index contributed by atoms with van der Waals surface area (Å²) < 4.78 is 4.97. The highest BCUT2D eigenvalue weighted by Gasteiger charge is 2.24. The van der Waals surface area contributed by atoms with Gasteiger partial charge >= 0.3 is 0 Å². The van der Waals surface area contributed by atoms with Crippen LogP contribution in [0, 0.1) is 0 Å². The number of amides is 2. The smallest absolute Gasteiger partial charge is 0.253 e. The Kier molecular flexibility index (Phi) is 6.43. The van der Waals surface area contributed by atoms with Gasteiger partial charge in [0, 0.05) is 44.2 Å². The first-order valence-electron chi connectivity index (χ1n) is 10.4. The van der Waals surface area contributed by atoms with E-state index in [-0.39, 0.29) is 11.8 Å². The van der Waals surface area contributed by atoms with Crippen molar-refractivity contribution in [1.29, 1.82) is 0 Å². The average Bonchev–Trinajstić information content (AvgIpc) is 3.24. The third kappa shape index (κ3) is 4.83. The molecule has 4 rings (SSSR count). The zero-order valence-corrected chi connectivity index (χ0v) is 17.6. The van der Waals surface area contributed by atoms with Gasteiger partial charge in [-0.15, -0.1) is 0 Å². The number of nitrogens with zero attached hydrogens (tertiary/aromatic N) is 3. The Balaban J connectivity index is 1.35. The molecule has 1 saturated heterocycles. The van der Waals surface area contributed by atoms with Crippen molar-refractivity contribution >= 4 is 34.9 Å². The first kappa shape index (κ1) is 20.8. The van der Waals surface area contributed by atoms with Gasteiger partial charge in [0.2, 0.25) is 5.91 Å². The van der Waals surface area contributed by atoms with Crippen molar-refractivity contribution in [3.8, 4) is 0 Å². The summed E-state index contributed by atoms with van der Waals surface area (Å²) in [4.78, 5) is 28.5. The number of carbonyl (C=O) groups is 2. The summed E-state index contributed by atoms with van der Waals surface area (Å²) in [6.45, 7) is 2.64. The van der Waals surface area contributed by atoms with Crippen LogP contribution in [-0.2, 0) is 9.53 Å². The number of aromatic amines is 1. The van der Waals surface area contributed by atoms with E-state index in [0.29, 0.717) is 44.8 Å². The van der Waals surface area contributed by atoms with Crippen LogP contribution in [0.4, 0.5) is 0 Å². The van der Waals surface area contributed by atoms with Crippen molar-refractivity contribution in [3.63, 3.8) is 0 Å². The number of benzene rings is 2. The lowest BCUT2D eigenvalue weighted by Gasteiger charge is -2.34. The van der Waals surface area contributed by atoms with Gasteiger partial charge in [0.05, 0.1) is 24.2 Å². The van der Waals surface area contributed by atoms with E-state index in [2.05, 4.69) is 10.2 Å². The summed E-state index contributed by atoms with van der Waals surface area (Å²) in [7, 11) is 1.59. The lowest BCUT2D eigenvalue weighted by molar-refractivity contribution is -0.133. The molecule has 1 aliphatic heterocycles. The van der Waals surface area contributed by atoms with Crippen LogP contribution >= 0.6 is 0 Å². The number of aromatic nitrogens is 2. The molecule has 0 spiro atoms. The Morgan fingerprint density at radius 1 is 1.00 bits per heavy atom. The van der Waals surface area contributed by atoms with Crippen LogP contribution in [0.2, 0.25) is 0 Å². The summed E-state index contributed by atoms with van der Waals surface area (Å²) in [6.07, 6.45) is 4.34. The fourth-order valence-electron chi connectivity index (χ4n) is 3.71. The quantitative estimate of drug-likeness (QED) is 0.667. The number of hydrogen-bond acceptors (Lipinski definition) is 4. The number of nitrogens with one attached hydrogen (secondary N) is 1. The molecule has 160 valence electrons. The standard InChI is InChI=1S/C24H26N4O3/c1-31-17-12-23(29)27-13-15-28(16-14-27)24(30)19-9-6-18(7-10-19)8-11-22-20-4-2-3-5-21(20)25-26-22/h2-11H,12-17H2,1H3,(H,25,26)/b11-8+. The van der Waals surface area contributed by atoms with Crippen LogP contribution in [0.25, 0.3) is 23.1 Å². The largest absolute Gasteiger partial charge is 0.384 e. The van der Waals surface area contributed by atoms with Crippen LogP contribution in [0.1, 0.15) is 28.0 Å². The number of ether oxygens (including phenoxy) is 1. The number of para-hydroxylation sites is 1. The molecule has 2 aromatic carbocycles. The maximum Gasteiger partial charge on any atom is 0.253 e. The molecule has 0 unspecified atom stereocenters. The molecule has 31 heavy (non-hydrogen) atoms. The Morgan fingerprint density at radius 3 is 2.45 bits per heavy atom. The summed E-state index contributed by atoms with van der Waals surface area (Å²) >= 11 is 0. The Hall–Kier alpha value is -3.45. The van der Waals surface area contributed by atoms with Crippen molar-refractivity contribution in [1.82, 2.24) is 20.0 Å². The maximum atomic E-state index is 12.8. The molecule has 7 nitrogen and oxygen atoms in total. The van der Waals surface area contributed by atoms with Gasteiger partial charge in [-0.25, -0.2) is 0 Å². The van der Waals surface area contributed by atoms with E-state index in [4.69, 9.17) is 4.74 Å². The van der Waals surface area contributed by atoms with Gasteiger partial charge in [-0.05, 0) is 29.8 Å². The number of methoxy groups -OCH3 is 1. The number of rotatable bonds is 6. The molecule has 0 aliphatic carbocycles. The van der Waals surface area contributed by atoms with Gasteiger partial charge in [-0.3, -0.25) is 14.7 Å². The second-order valence-electron chi connectivity index (χ2n) is 7.53. The van der Waals surface area contributed by atoms with Gasteiger partial charge in [-0.1, -0.05) is 36.4 Å². The zero-order valence-electron chi connectivity index (χ0n) is 17.6. The van der Waals surface area contributed by atoms with Crippen molar-refractivity contribution in [2.24, 2.45) is 0 Å². The molecule has 0 radical (unpaired) electrons. The second-order valence-corrected chi connectivity index (χ2v) is 7.53. The van der Waals surface area contributed by atoms with Crippen LogP contribution in [0.15, 0.2) is 48.5 Å². The molecule has 7 heteroatoms. The molecule has 1 aliphatic rings. The maximum absolute atomic E-state index is 12.8. The molecule has 0 atom stereocenters. The van der Waals surface area contributed by atoms with Crippen LogP contribution in [0.5, 0.6) is 0 Å². The molecular formula is C24H26N4O3. The van der Waals surface area contributed by atoms with Crippen molar-refractivity contribution < 1.29 is 14.3 Å². The predicted molar refractivity (Wildman–Crippen MR) is 120 cm³/mol. The molecule has 1 N–H and O–H groups in total. The Bertz CT molecular complexity index is 1080. The molecule has 2 heterocycles. The minimum Gasteiger partial charge on any atom is -0.384 e. The first-order valence-corrected chi connectivity index (χ1v) is 10.4. The van der Waals surface area contributed by atoms with Gasteiger partial charge in [0.1, 0.15) is 0 Å². The van der Waals surface area contributed by atoms with Gasteiger partial charge in [0.15, 0.2) is 0 Å². The summed E-state index contributed by atoms with van der Waals surface area (Å²) in [5.74, 6) is 0.0765. The Morgan fingerprint density at radius 2 is 1.71 bits per heavy atom. The van der Waals surface area contributed by atoms with E-state index in [1.54, 1.807) is 16.9 Å². The molecule has 0 bridgehead atoms. The van der Waals surface area contributed by atoms with E-state index >= 15 is 0 Å². The van der Waals surface area contributed by atoms with E-state index in [1.807, 2.05) is 60.7 Å². The highest BCUT2D eigenvalue weighted by atomic mass is 16.5. The first-order chi connectivity index (χ1) is 15.2. The van der Waals surface area contributed by atoms with E-state index in [0.717, 1.165) is 22.2 Å².